The number of hydrogen-bond donors (Lipinski definition) is 0. The molecule has 0 unspecified atom stereocenters. The van der Waals surface area contributed by atoms with E-state index in [2.05, 4.69) is 4.74 Å². The van der Waals surface area contributed by atoms with Crippen LogP contribution in [-0.2, 0) is 25.7 Å². The number of nitrogens with zero attached hydrogens (tertiary/aromatic N) is 2. The van der Waals surface area contributed by atoms with Gasteiger partial charge in [-0.15, -0.1) is 4.53 Å². The van der Waals surface area contributed by atoms with Gasteiger partial charge in [-0.25, -0.2) is 9.18 Å². The van der Waals surface area contributed by atoms with Crippen LogP contribution in [-0.4, -0.2) is 34.8 Å². The summed E-state index contributed by atoms with van der Waals surface area (Å²) in [6, 6.07) is 6.11. The topological polar surface area (TPSA) is 59.1 Å². The Balaban J connectivity index is 2.57. The highest BCUT2D eigenvalue weighted by atomic mass is 35.5. The molecular formula is C13H16ClFN2O4. The highest BCUT2D eigenvalue weighted by Crippen LogP contribution is 2.14. The van der Waals surface area contributed by atoms with Gasteiger partial charge in [0.05, 0.1) is 13.1 Å². The van der Waals surface area contributed by atoms with E-state index in [0.29, 0.717) is 5.56 Å². The number of ether oxygens (including phenoxy) is 1. The fourth-order valence-corrected chi connectivity index (χ4v) is 1.68. The number of carbonyl (C=O) groups is 2. The summed E-state index contributed by atoms with van der Waals surface area (Å²) in [7, 11) is 0. The minimum atomic E-state index is -0.786. The predicted molar refractivity (Wildman–Crippen MR) is 72.9 cm³/mol. The van der Waals surface area contributed by atoms with E-state index >= 15 is 0 Å². The summed E-state index contributed by atoms with van der Waals surface area (Å²) in [6.07, 6.45) is 0. The lowest BCUT2D eigenvalue weighted by molar-refractivity contribution is -0.244. The van der Waals surface area contributed by atoms with Gasteiger partial charge in [0.25, 0.3) is 0 Å². The minimum absolute atomic E-state index is 0.00289. The zero-order chi connectivity index (χ0) is 15.8. The molecule has 1 rings (SSSR count). The van der Waals surface area contributed by atoms with Crippen molar-refractivity contribution in [2.24, 2.45) is 0 Å². The molecular weight excluding hydrogens is 303 g/mol. The summed E-state index contributed by atoms with van der Waals surface area (Å²) < 4.78 is 19.1. The maximum atomic E-state index is 13.5. The number of rotatable bonds is 7. The molecule has 1 aromatic rings. The largest absolute Gasteiger partial charge is 0.454 e. The van der Waals surface area contributed by atoms with E-state index in [-0.39, 0.29) is 13.1 Å². The molecule has 0 bridgehead atoms. The number of esters is 1. The Morgan fingerprint density at radius 2 is 2.00 bits per heavy atom. The molecule has 116 valence electrons. The Labute approximate surface area is 127 Å². The van der Waals surface area contributed by atoms with Gasteiger partial charge in [0.15, 0.2) is 6.61 Å². The summed E-state index contributed by atoms with van der Waals surface area (Å²) in [5.74, 6) is -1.79. The van der Waals surface area contributed by atoms with E-state index in [4.69, 9.17) is 16.6 Å². The van der Waals surface area contributed by atoms with Crippen molar-refractivity contribution < 1.29 is 23.6 Å². The monoisotopic (exact) mass is 318 g/mol. The molecule has 0 saturated heterocycles. The first-order valence-electron chi connectivity index (χ1n) is 6.22. The molecule has 0 saturated carbocycles. The Bertz CT molecular complexity index is 501. The lowest BCUT2D eigenvalue weighted by Crippen LogP contribution is -2.38. The second-order valence-corrected chi connectivity index (χ2v) is 4.39. The molecule has 21 heavy (non-hydrogen) atoms. The van der Waals surface area contributed by atoms with E-state index in [0.717, 1.165) is 9.70 Å². The van der Waals surface area contributed by atoms with E-state index in [1.165, 1.54) is 13.0 Å². The van der Waals surface area contributed by atoms with Crippen LogP contribution in [0.3, 0.4) is 0 Å². The van der Waals surface area contributed by atoms with Gasteiger partial charge >= 0.3 is 11.9 Å². The molecule has 0 N–H and O–H groups in total. The molecule has 0 amide bonds. The molecule has 0 spiro atoms. The molecule has 0 fully saturated rings. The average molecular weight is 319 g/mol. The lowest BCUT2D eigenvalue weighted by Gasteiger charge is -2.26. The number of halogens is 2. The van der Waals surface area contributed by atoms with Gasteiger partial charge in [0.2, 0.25) is 0 Å². The van der Waals surface area contributed by atoms with E-state index in [1.54, 1.807) is 25.1 Å². The molecule has 0 heterocycles. The molecule has 6 nitrogen and oxygen atoms in total. The number of carbonyl (C=O) groups excluding carboxylic acids is 2. The van der Waals surface area contributed by atoms with Gasteiger partial charge in [-0.05, 0) is 24.8 Å². The van der Waals surface area contributed by atoms with Crippen LogP contribution in [0.5, 0.6) is 0 Å². The van der Waals surface area contributed by atoms with Crippen molar-refractivity contribution >= 4 is 23.7 Å². The Morgan fingerprint density at radius 1 is 1.33 bits per heavy atom. The third-order valence-electron chi connectivity index (χ3n) is 2.37. The third-order valence-corrected chi connectivity index (χ3v) is 2.66. The first kappa shape index (κ1) is 17.4. The number of benzene rings is 1. The zero-order valence-corrected chi connectivity index (χ0v) is 12.5. The van der Waals surface area contributed by atoms with E-state index in [1.807, 2.05) is 0 Å². The average Bonchev–Trinajstić information content (AvgIpc) is 2.44. The molecule has 0 radical (unpaired) electrons. The third kappa shape index (κ3) is 6.07. The molecule has 0 aliphatic heterocycles. The predicted octanol–water partition coefficient (Wildman–Crippen LogP) is 2.04. The number of hydrazine groups is 1. The number of hydroxylamine groups is 1. The van der Waals surface area contributed by atoms with Gasteiger partial charge < -0.3 is 9.57 Å². The van der Waals surface area contributed by atoms with Gasteiger partial charge in [-0.1, -0.05) is 23.4 Å². The van der Waals surface area contributed by atoms with Crippen LogP contribution in [0.15, 0.2) is 24.3 Å². The van der Waals surface area contributed by atoms with Gasteiger partial charge in [0, 0.05) is 12.5 Å². The van der Waals surface area contributed by atoms with E-state index in [9.17, 15) is 14.0 Å². The lowest BCUT2D eigenvalue weighted by atomic mass is 10.2. The maximum absolute atomic E-state index is 13.5. The summed E-state index contributed by atoms with van der Waals surface area (Å²) in [5, 5.41) is 1.04. The van der Waals surface area contributed by atoms with Crippen molar-refractivity contribution in [1.29, 1.82) is 0 Å². The van der Waals surface area contributed by atoms with Crippen molar-refractivity contribution in [2.45, 2.75) is 20.4 Å². The minimum Gasteiger partial charge on any atom is -0.454 e. The zero-order valence-electron chi connectivity index (χ0n) is 11.7. The van der Waals surface area contributed by atoms with Gasteiger partial charge in [0.1, 0.15) is 5.82 Å². The number of hydrogen-bond acceptors (Lipinski definition) is 6. The van der Waals surface area contributed by atoms with Gasteiger partial charge in [-0.2, -0.15) is 0 Å². The van der Waals surface area contributed by atoms with Crippen molar-refractivity contribution in [3.63, 3.8) is 0 Å². The van der Waals surface area contributed by atoms with E-state index < -0.39 is 24.4 Å². The molecule has 0 aliphatic rings. The summed E-state index contributed by atoms with van der Waals surface area (Å²) in [5.41, 5.74) is 0.349. The quantitative estimate of drug-likeness (QED) is 0.435. The smallest absolute Gasteiger partial charge is 0.364 e. The van der Waals surface area contributed by atoms with Crippen LogP contribution >= 0.6 is 11.8 Å². The summed E-state index contributed by atoms with van der Waals surface area (Å²) in [4.78, 5) is 26.9. The molecule has 0 aromatic heterocycles. The fraction of sp³-hybridized carbons (Fsp3) is 0.385. The van der Waals surface area contributed by atoms with Crippen LogP contribution < -0.4 is 0 Å². The van der Waals surface area contributed by atoms with Crippen LogP contribution in [0.4, 0.5) is 4.39 Å². The Morgan fingerprint density at radius 3 is 2.57 bits per heavy atom. The Hall–Kier alpha value is -1.70. The molecule has 1 aromatic carbocycles. The van der Waals surface area contributed by atoms with Crippen molar-refractivity contribution in [3.05, 3.63) is 35.6 Å². The van der Waals surface area contributed by atoms with Crippen LogP contribution in [0.2, 0.25) is 0 Å². The SMILES string of the molecule is CCN(OC(=O)COC(C)=O)N(Cl)Cc1ccccc1F. The standard InChI is InChI=1S/C13H16ClFN2O4/c1-3-17(21-13(19)9-20-10(2)18)16(14)8-11-6-4-5-7-12(11)15/h4-7H,3,8-9H2,1-2H3. The molecule has 8 heteroatoms. The highest BCUT2D eigenvalue weighted by Gasteiger charge is 2.19. The first-order valence-corrected chi connectivity index (χ1v) is 6.56. The highest BCUT2D eigenvalue weighted by molar-refractivity contribution is 6.12. The van der Waals surface area contributed by atoms with Crippen molar-refractivity contribution in [1.82, 2.24) is 9.70 Å². The Kier molecular flexibility index (Phi) is 7.07. The molecule has 0 aliphatic carbocycles. The normalized spacial score (nSPS) is 10.8. The van der Waals surface area contributed by atoms with Crippen molar-refractivity contribution in [3.8, 4) is 0 Å². The summed E-state index contributed by atoms with van der Waals surface area (Å²) in [6.45, 7) is 2.59. The van der Waals surface area contributed by atoms with Crippen LogP contribution in [0.1, 0.15) is 19.4 Å². The van der Waals surface area contributed by atoms with Crippen LogP contribution in [0.25, 0.3) is 0 Å². The second kappa shape index (κ2) is 8.56. The van der Waals surface area contributed by atoms with Gasteiger partial charge in [-0.3, -0.25) is 4.79 Å². The van der Waals surface area contributed by atoms with Crippen molar-refractivity contribution in [2.75, 3.05) is 13.2 Å². The van der Waals surface area contributed by atoms with Crippen LogP contribution in [0, 0.1) is 5.82 Å². The fourth-order valence-electron chi connectivity index (χ4n) is 1.41. The molecule has 0 atom stereocenters. The second-order valence-electron chi connectivity index (χ2n) is 4.00. The summed E-state index contributed by atoms with van der Waals surface area (Å²) >= 11 is 5.97. The first-order chi connectivity index (χ1) is 9.93. The maximum Gasteiger partial charge on any atom is 0.364 e.